The van der Waals surface area contributed by atoms with Gasteiger partial charge in [-0.15, -0.1) is 0 Å². The molecule has 0 atom stereocenters. The van der Waals surface area contributed by atoms with Crippen molar-refractivity contribution in [3.05, 3.63) is 71.8 Å². The maximum Gasteiger partial charge on any atom is 0.242 e. The number of likely N-dealkylation sites (tertiary alicyclic amines) is 2. The standard InChI is InChI=1S/C24H29N3O2/c25-21-12-16-26(17-13-21)22(28)18-27-15-7-14-24(23(27)29,19-8-3-1-4-9-19)20-10-5-2-6-11-20/h1-6,8-11,21H,7,12-18,25H2. The van der Waals surface area contributed by atoms with Gasteiger partial charge in [0.05, 0.1) is 12.0 Å². The second-order valence-corrected chi connectivity index (χ2v) is 8.19. The van der Waals surface area contributed by atoms with Crippen LogP contribution in [0, 0.1) is 0 Å². The van der Waals surface area contributed by atoms with E-state index in [1.807, 2.05) is 65.6 Å². The maximum atomic E-state index is 13.9. The Hall–Kier alpha value is -2.66. The number of carbonyl (C=O) groups is 2. The van der Waals surface area contributed by atoms with Gasteiger partial charge >= 0.3 is 0 Å². The molecule has 2 aromatic carbocycles. The molecule has 0 spiro atoms. The summed E-state index contributed by atoms with van der Waals surface area (Å²) in [4.78, 5) is 30.4. The van der Waals surface area contributed by atoms with Crippen molar-refractivity contribution in [2.24, 2.45) is 5.73 Å². The smallest absolute Gasteiger partial charge is 0.242 e. The quantitative estimate of drug-likeness (QED) is 0.871. The zero-order valence-corrected chi connectivity index (χ0v) is 16.8. The second-order valence-electron chi connectivity index (χ2n) is 8.19. The summed E-state index contributed by atoms with van der Waals surface area (Å²) in [5, 5.41) is 0. The highest BCUT2D eigenvalue weighted by Gasteiger charge is 2.47. The van der Waals surface area contributed by atoms with E-state index in [9.17, 15) is 9.59 Å². The Labute approximate surface area is 172 Å². The van der Waals surface area contributed by atoms with Gasteiger partial charge in [0.25, 0.3) is 0 Å². The van der Waals surface area contributed by atoms with Crippen LogP contribution in [0.15, 0.2) is 60.7 Å². The van der Waals surface area contributed by atoms with Crippen LogP contribution in [0.4, 0.5) is 0 Å². The molecule has 0 saturated carbocycles. The molecule has 2 aromatic rings. The molecule has 4 rings (SSSR count). The minimum absolute atomic E-state index is 0.0298. The van der Waals surface area contributed by atoms with E-state index in [1.165, 1.54) is 0 Å². The molecule has 2 aliphatic rings. The molecule has 0 radical (unpaired) electrons. The number of hydrogen-bond donors (Lipinski definition) is 1. The number of rotatable bonds is 4. The molecule has 2 amide bonds. The van der Waals surface area contributed by atoms with Crippen LogP contribution in [0.25, 0.3) is 0 Å². The Balaban J connectivity index is 1.62. The Kier molecular flexibility index (Phi) is 5.67. The summed E-state index contributed by atoms with van der Waals surface area (Å²) in [7, 11) is 0. The minimum Gasteiger partial charge on any atom is -0.341 e. The summed E-state index contributed by atoms with van der Waals surface area (Å²) in [6.45, 7) is 2.14. The molecule has 0 aromatic heterocycles. The molecular formula is C24H29N3O2. The van der Waals surface area contributed by atoms with Crippen molar-refractivity contribution in [3.8, 4) is 0 Å². The highest BCUT2D eigenvalue weighted by molar-refractivity contribution is 5.95. The number of carbonyl (C=O) groups excluding carboxylic acids is 2. The van der Waals surface area contributed by atoms with Gasteiger partial charge in [0.1, 0.15) is 0 Å². The highest BCUT2D eigenvalue weighted by atomic mass is 16.2. The largest absolute Gasteiger partial charge is 0.341 e. The Morgan fingerprint density at radius 1 is 0.931 bits per heavy atom. The van der Waals surface area contributed by atoms with E-state index in [4.69, 9.17) is 5.73 Å². The lowest BCUT2D eigenvalue weighted by Crippen LogP contribution is -2.55. The molecular weight excluding hydrogens is 362 g/mol. The molecule has 2 N–H and O–H groups in total. The topological polar surface area (TPSA) is 66.6 Å². The molecule has 152 valence electrons. The molecule has 2 aliphatic heterocycles. The lowest BCUT2D eigenvalue weighted by atomic mass is 9.68. The summed E-state index contributed by atoms with van der Waals surface area (Å²) in [5.74, 6) is 0.0605. The van der Waals surface area contributed by atoms with E-state index in [2.05, 4.69) is 0 Å². The summed E-state index contributed by atoms with van der Waals surface area (Å²) < 4.78 is 0. The lowest BCUT2D eigenvalue weighted by Gasteiger charge is -2.43. The number of nitrogens with two attached hydrogens (primary N) is 1. The molecule has 2 heterocycles. The molecule has 0 aliphatic carbocycles. The summed E-state index contributed by atoms with van der Waals surface area (Å²) in [6, 6.07) is 20.2. The molecule has 0 unspecified atom stereocenters. The van der Waals surface area contributed by atoms with Gasteiger partial charge in [-0.25, -0.2) is 0 Å². The van der Waals surface area contributed by atoms with Gasteiger partial charge < -0.3 is 15.5 Å². The Bertz CT molecular complexity index is 805. The van der Waals surface area contributed by atoms with Gasteiger partial charge in [0, 0.05) is 25.7 Å². The zero-order chi connectivity index (χ0) is 20.3. The fourth-order valence-corrected chi connectivity index (χ4v) is 4.72. The minimum atomic E-state index is -0.731. The van der Waals surface area contributed by atoms with E-state index < -0.39 is 5.41 Å². The molecule has 2 fully saturated rings. The van der Waals surface area contributed by atoms with Crippen molar-refractivity contribution < 1.29 is 9.59 Å². The van der Waals surface area contributed by atoms with E-state index >= 15 is 0 Å². The summed E-state index contributed by atoms with van der Waals surface area (Å²) in [5.41, 5.74) is 7.23. The number of nitrogens with zero attached hydrogens (tertiary/aromatic N) is 2. The fourth-order valence-electron chi connectivity index (χ4n) is 4.72. The van der Waals surface area contributed by atoms with Crippen LogP contribution in [-0.2, 0) is 15.0 Å². The van der Waals surface area contributed by atoms with E-state index in [0.717, 1.165) is 36.8 Å². The van der Waals surface area contributed by atoms with Gasteiger partial charge in [-0.1, -0.05) is 60.7 Å². The maximum absolute atomic E-state index is 13.9. The predicted octanol–water partition coefficient (Wildman–Crippen LogP) is 2.54. The third-order valence-electron chi connectivity index (χ3n) is 6.38. The summed E-state index contributed by atoms with van der Waals surface area (Å²) in [6.07, 6.45) is 3.28. The Morgan fingerprint density at radius 2 is 1.48 bits per heavy atom. The molecule has 5 heteroatoms. The number of amides is 2. The second kappa shape index (κ2) is 8.37. The van der Waals surface area contributed by atoms with Crippen molar-refractivity contribution in [3.63, 3.8) is 0 Å². The van der Waals surface area contributed by atoms with E-state index in [-0.39, 0.29) is 24.4 Å². The van der Waals surface area contributed by atoms with Crippen LogP contribution < -0.4 is 5.73 Å². The van der Waals surface area contributed by atoms with E-state index in [1.54, 1.807) is 4.90 Å². The molecule has 29 heavy (non-hydrogen) atoms. The fraction of sp³-hybridized carbons (Fsp3) is 0.417. The highest BCUT2D eigenvalue weighted by Crippen LogP contribution is 2.41. The third-order valence-corrected chi connectivity index (χ3v) is 6.38. The number of benzene rings is 2. The van der Waals surface area contributed by atoms with Crippen LogP contribution in [0.5, 0.6) is 0 Å². The average Bonchev–Trinajstić information content (AvgIpc) is 2.77. The van der Waals surface area contributed by atoms with Crippen LogP contribution >= 0.6 is 0 Å². The Morgan fingerprint density at radius 3 is 2.03 bits per heavy atom. The summed E-state index contributed by atoms with van der Waals surface area (Å²) >= 11 is 0. The third kappa shape index (κ3) is 3.79. The zero-order valence-electron chi connectivity index (χ0n) is 16.8. The molecule has 5 nitrogen and oxygen atoms in total. The van der Waals surface area contributed by atoms with Crippen LogP contribution in [0.2, 0.25) is 0 Å². The predicted molar refractivity (Wildman–Crippen MR) is 113 cm³/mol. The van der Waals surface area contributed by atoms with Crippen molar-refractivity contribution >= 4 is 11.8 Å². The molecule has 2 saturated heterocycles. The first kappa shape index (κ1) is 19.6. The van der Waals surface area contributed by atoms with Crippen LogP contribution in [-0.4, -0.2) is 53.8 Å². The van der Waals surface area contributed by atoms with E-state index in [0.29, 0.717) is 19.6 Å². The van der Waals surface area contributed by atoms with Gasteiger partial charge in [-0.2, -0.15) is 0 Å². The lowest BCUT2D eigenvalue weighted by molar-refractivity contribution is -0.146. The van der Waals surface area contributed by atoms with Crippen molar-refractivity contribution in [1.29, 1.82) is 0 Å². The molecule has 0 bridgehead atoms. The van der Waals surface area contributed by atoms with Crippen LogP contribution in [0.1, 0.15) is 36.8 Å². The SMILES string of the molecule is NC1CCN(C(=O)CN2CCCC(c3ccccc3)(c3ccccc3)C2=O)CC1. The van der Waals surface area contributed by atoms with Gasteiger partial charge in [-0.05, 0) is 36.8 Å². The first-order chi connectivity index (χ1) is 14.1. The van der Waals surface area contributed by atoms with Gasteiger partial charge in [-0.3, -0.25) is 9.59 Å². The van der Waals surface area contributed by atoms with Crippen LogP contribution in [0.3, 0.4) is 0 Å². The van der Waals surface area contributed by atoms with Gasteiger partial charge in [0.2, 0.25) is 11.8 Å². The van der Waals surface area contributed by atoms with Crippen molar-refractivity contribution in [2.45, 2.75) is 37.1 Å². The number of piperidine rings is 2. The van der Waals surface area contributed by atoms with Crippen molar-refractivity contribution in [1.82, 2.24) is 9.80 Å². The monoisotopic (exact) mass is 391 g/mol. The number of hydrogen-bond acceptors (Lipinski definition) is 3. The van der Waals surface area contributed by atoms with Crippen molar-refractivity contribution in [2.75, 3.05) is 26.2 Å². The average molecular weight is 392 g/mol. The first-order valence-electron chi connectivity index (χ1n) is 10.5. The van der Waals surface area contributed by atoms with Gasteiger partial charge in [0.15, 0.2) is 0 Å². The first-order valence-corrected chi connectivity index (χ1v) is 10.5. The normalized spacial score (nSPS) is 20.0.